The molecule has 1 N–H and O–H groups in total. The summed E-state index contributed by atoms with van der Waals surface area (Å²) in [6.45, 7) is 2.60. The molecule has 1 aromatic rings. The molecule has 0 spiro atoms. The lowest BCUT2D eigenvalue weighted by atomic mass is 10.2. The van der Waals surface area contributed by atoms with Gasteiger partial charge < -0.3 is 5.32 Å². The minimum Gasteiger partial charge on any atom is -0.382 e. The second-order valence-corrected chi connectivity index (χ2v) is 2.76. The second kappa shape index (κ2) is 5.03. The van der Waals surface area contributed by atoms with E-state index in [-0.39, 0.29) is 5.56 Å². The molecule has 2 nitrogen and oxygen atoms in total. The Balaban J connectivity index is 2.75. The summed E-state index contributed by atoms with van der Waals surface area (Å²) < 4.78 is 12.9. The van der Waals surface area contributed by atoms with Gasteiger partial charge in [0, 0.05) is 12.2 Å². The molecule has 0 aliphatic carbocycles. The second-order valence-electron chi connectivity index (χ2n) is 2.76. The van der Waals surface area contributed by atoms with Crippen molar-refractivity contribution >= 4 is 5.69 Å². The molecule has 0 amide bonds. The third-order valence-corrected chi connectivity index (χ3v) is 1.75. The first kappa shape index (κ1) is 10.3. The number of rotatable bonds is 3. The molecular weight excluding hydrogens is 179 g/mol. The van der Waals surface area contributed by atoms with Crippen LogP contribution in [0.1, 0.15) is 12.5 Å². The van der Waals surface area contributed by atoms with Crippen molar-refractivity contribution in [3.63, 3.8) is 0 Å². The number of nitrogens with zero attached hydrogens (tertiary/aromatic N) is 1. The van der Waals surface area contributed by atoms with Crippen LogP contribution in [0.4, 0.5) is 10.1 Å². The molecule has 0 aliphatic heterocycles. The van der Waals surface area contributed by atoms with Crippen molar-refractivity contribution in [2.24, 2.45) is 0 Å². The first-order valence-corrected chi connectivity index (χ1v) is 4.32. The van der Waals surface area contributed by atoms with Gasteiger partial charge in [-0.2, -0.15) is 5.26 Å². The number of hydrogen-bond donors (Lipinski definition) is 1. The van der Waals surface area contributed by atoms with Crippen LogP contribution in [0.2, 0.25) is 0 Å². The number of allylic oxidation sites excluding steroid dienone is 1. The monoisotopic (exact) mass is 190 g/mol. The zero-order chi connectivity index (χ0) is 10.4. The van der Waals surface area contributed by atoms with Crippen molar-refractivity contribution in [2.45, 2.75) is 6.92 Å². The van der Waals surface area contributed by atoms with Crippen LogP contribution in [0.3, 0.4) is 0 Å². The Bertz CT molecular complexity index is 377. The van der Waals surface area contributed by atoms with Crippen LogP contribution in [-0.2, 0) is 0 Å². The van der Waals surface area contributed by atoms with Gasteiger partial charge in [-0.25, -0.2) is 4.39 Å². The summed E-state index contributed by atoms with van der Waals surface area (Å²) in [6, 6.07) is 6.19. The molecule has 72 valence electrons. The van der Waals surface area contributed by atoms with Gasteiger partial charge in [0.05, 0.1) is 5.56 Å². The van der Waals surface area contributed by atoms with Gasteiger partial charge in [0.25, 0.3) is 0 Å². The van der Waals surface area contributed by atoms with Gasteiger partial charge in [0.1, 0.15) is 11.9 Å². The number of nitriles is 1. The molecule has 0 unspecified atom stereocenters. The number of hydrogen-bond acceptors (Lipinski definition) is 2. The van der Waals surface area contributed by atoms with Crippen molar-refractivity contribution in [3.8, 4) is 6.07 Å². The standard InChI is InChI=1S/C11H11FN2/c1-2-3-6-14-10-4-5-11(12)9(7-10)8-13/h2-5,7,14H,6H2,1H3/b3-2+. The van der Waals surface area contributed by atoms with Gasteiger partial charge in [0.15, 0.2) is 0 Å². The fraction of sp³-hybridized carbons (Fsp3) is 0.182. The van der Waals surface area contributed by atoms with Gasteiger partial charge in [-0.15, -0.1) is 0 Å². The van der Waals surface area contributed by atoms with E-state index in [0.717, 1.165) is 5.69 Å². The lowest BCUT2D eigenvalue weighted by Gasteiger charge is -2.03. The van der Waals surface area contributed by atoms with E-state index in [9.17, 15) is 4.39 Å². The highest BCUT2D eigenvalue weighted by Crippen LogP contribution is 2.13. The van der Waals surface area contributed by atoms with E-state index in [1.165, 1.54) is 12.1 Å². The maximum absolute atomic E-state index is 12.9. The fourth-order valence-corrected chi connectivity index (χ4v) is 1.02. The molecular formula is C11H11FN2. The SMILES string of the molecule is C/C=C/CNc1ccc(F)c(C#N)c1. The molecule has 0 saturated heterocycles. The Kier molecular flexibility index (Phi) is 3.69. The van der Waals surface area contributed by atoms with Crippen LogP contribution in [-0.4, -0.2) is 6.54 Å². The number of halogens is 1. The maximum atomic E-state index is 12.9. The molecule has 0 radical (unpaired) electrons. The van der Waals surface area contributed by atoms with Gasteiger partial charge in [-0.3, -0.25) is 0 Å². The Morgan fingerprint density at radius 1 is 1.57 bits per heavy atom. The summed E-state index contributed by atoms with van der Waals surface area (Å²) in [5, 5.41) is 11.6. The summed E-state index contributed by atoms with van der Waals surface area (Å²) >= 11 is 0. The largest absolute Gasteiger partial charge is 0.382 e. The predicted molar refractivity (Wildman–Crippen MR) is 54.4 cm³/mol. The van der Waals surface area contributed by atoms with Crippen LogP contribution in [0.5, 0.6) is 0 Å². The highest BCUT2D eigenvalue weighted by Gasteiger charge is 2.00. The first-order chi connectivity index (χ1) is 6.77. The van der Waals surface area contributed by atoms with Crippen molar-refractivity contribution in [3.05, 3.63) is 41.7 Å². The molecule has 1 aromatic carbocycles. The topological polar surface area (TPSA) is 35.8 Å². The van der Waals surface area contributed by atoms with Crippen molar-refractivity contribution in [2.75, 3.05) is 11.9 Å². The molecule has 0 aliphatic rings. The molecule has 14 heavy (non-hydrogen) atoms. The summed E-state index contributed by atoms with van der Waals surface area (Å²) in [7, 11) is 0. The normalized spacial score (nSPS) is 10.1. The van der Waals surface area contributed by atoms with E-state index in [0.29, 0.717) is 6.54 Å². The molecule has 3 heteroatoms. The Labute approximate surface area is 82.7 Å². The number of benzene rings is 1. The molecule has 0 fully saturated rings. The molecule has 0 atom stereocenters. The lowest BCUT2D eigenvalue weighted by molar-refractivity contribution is 0.624. The zero-order valence-corrected chi connectivity index (χ0v) is 7.92. The zero-order valence-electron chi connectivity index (χ0n) is 7.92. The highest BCUT2D eigenvalue weighted by molar-refractivity contribution is 5.50. The third-order valence-electron chi connectivity index (χ3n) is 1.75. The summed E-state index contributed by atoms with van der Waals surface area (Å²) in [5.74, 6) is -0.482. The highest BCUT2D eigenvalue weighted by atomic mass is 19.1. The van der Waals surface area contributed by atoms with Gasteiger partial charge in [0.2, 0.25) is 0 Å². The van der Waals surface area contributed by atoms with Crippen LogP contribution in [0.15, 0.2) is 30.4 Å². The third kappa shape index (κ3) is 2.60. The predicted octanol–water partition coefficient (Wildman–Crippen LogP) is 2.69. The number of anilines is 1. The summed E-state index contributed by atoms with van der Waals surface area (Å²) in [4.78, 5) is 0. The summed E-state index contributed by atoms with van der Waals surface area (Å²) in [6.07, 6.45) is 3.86. The van der Waals surface area contributed by atoms with Gasteiger partial charge >= 0.3 is 0 Å². The smallest absolute Gasteiger partial charge is 0.141 e. The molecule has 0 bridgehead atoms. The van der Waals surface area contributed by atoms with Crippen LogP contribution >= 0.6 is 0 Å². The Morgan fingerprint density at radius 3 is 3.00 bits per heavy atom. The summed E-state index contributed by atoms with van der Waals surface area (Å²) in [5.41, 5.74) is 0.816. The first-order valence-electron chi connectivity index (χ1n) is 4.32. The average Bonchev–Trinajstić information content (AvgIpc) is 2.21. The molecule has 1 rings (SSSR count). The van der Waals surface area contributed by atoms with E-state index in [1.807, 2.05) is 19.1 Å². The van der Waals surface area contributed by atoms with Crippen molar-refractivity contribution in [1.82, 2.24) is 0 Å². The Morgan fingerprint density at radius 2 is 2.36 bits per heavy atom. The molecule has 0 saturated carbocycles. The minimum atomic E-state index is -0.482. The van der Waals surface area contributed by atoms with Crippen molar-refractivity contribution in [1.29, 1.82) is 5.26 Å². The van der Waals surface area contributed by atoms with E-state index in [1.54, 1.807) is 12.1 Å². The lowest BCUT2D eigenvalue weighted by Crippen LogP contribution is -1.98. The van der Waals surface area contributed by atoms with E-state index in [2.05, 4.69) is 5.32 Å². The van der Waals surface area contributed by atoms with E-state index in [4.69, 9.17) is 5.26 Å². The average molecular weight is 190 g/mol. The van der Waals surface area contributed by atoms with Gasteiger partial charge in [-0.1, -0.05) is 12.2 Å². The molecule has 0 aromatic heterocycles. The van der Waals surface area contributed by atoms with E-state index < -0.39 is 5.82 Å². The van der Waals surface area contributed by atoms with Crippen LogP contribution in [0.25, 0.3) is 0 Å². The quantitative estimate of drug-likeness (QED) is 0.744. The minimum absolute atomic E-state index is 0.0653. The van der Waals surface area contributed by atoms with Crippen LogP contribution < -0.4 is 5.32 Å². The molecule has 0 heterocycles. The number of nitrogens with one attached hydrogen (secondary N) is 1. The van der Waals surface area contributed by atoms with Crippen molar-refractivity contribution < 1.29 is 4.39 Å². The fourth-order valence-electron chi connectivity index (χ4n) is 1.02. The van der Waals surface area contributed by atoms with E-state index >= 15 is 0 Å². The maximum Gasteiger partial charge on any atom is 0.141 e. The van der Waals surface area contributed by atoms with Crippen LogP contribution in [0, 0.1) is 17.1 Å². The van der Waals surface area contributed by atoms with Gasteiger partial charge in [-0.05, 0) is 25.1 Å². The Hall–Kier alpha value is -1.82.